The molecule has 3 aromatic rings. The molecule has 0 aliphatic heterocycles. The molecule has 0 bridgehead atoms. The highest BCUT2D eigenvalue weighted by molar-refractivity contribution is 6.33. The van der Waals surface area contributed by atoms with Crippen molar-refractivity contribution in [2.24, 2.45) is 7.05 Å². The third-order valence-electron chi connectivity index (χ3n) is 3.79. The van der Waals surface area contributed by atoms with Crippen molar-refractivity contribution in [1.82, 2.24) is 15.1 Å². The van der Waals surface area contributed by atoms with E-state index in [1.807, 2.05) is 56.7 Å². The Bertz CT molecular complexity index is 886. The predicted octanol–water partition coefficient (Wildman–Crippen LogP) is 3.98. The van der Waals surface area contributed by atoms with Crippen molar-refractivity contribution in [3.63, 3.8) is 0 Å². The number of aryl methyl sites for hydroxylation is 2. The van der Waals surface area contributed by atoms with E-state index in [4.69, 9.17) is 11.6 Å². The lowest BCUT2D eigenvalue weighted by Gasteiger charge is -2.08. The summed E-state index contributed by atoms with van der Waals surface area (Å²) in [5, 5.41) is 7.57. The van der Waals surface area contributed by atoms with E-state index < -0.39 is 0 Å². The number of amides is 1. The topological polar surface area (TPSA) is 46.9 Å². The fraction of sp³-hybridized carbons (Fsp3) is 0.158. The largest absolute Gasteiger partial charge is 0.348 e. The van der Waals surface area contributed by atoms with Crippen LogP contribution in [0.3, 0.4) is 0 Å². The molecule has 0 aliphatic rings. The van der Waals surface area contributed by atoms with Gasteiger partial charge in [-0.3, -0.25) is 9.48 Å². The molecule has 24 heavy (non-hydrogen) atoms. The van der Waals surface area contributed by atoms with Gasteiger partial charge in [0.15, 0.2) is 0 Å². The van der Waals surface area contributed by atoms with Crippen molar-refractivity contribution in [3.8, 4) is 11.1 Å². The fourth-order valence-corrected chi connectivity index (χ4v) is 2.83. The fourth-order valence-electron chi connectivity index (χ4n) is 2.51. The van der Waals surface area contributed by atoms with E-state index in [1.165, 1.54) is 0 Å². The van der Waals surface area contributed by atoms with Gasteiger partial charge in [0, 0.05) is 25.4 Å². The first-order valence-electron chi connectivity index (χ1n) is 7.65. The number of hydrogen-bond donors (Lipinski definition) is 1. The van der Waals surface area contributed by atoms with Gasteiger partial charge in [-0.2, -0.15) is 5.10 Å². The van der Waals surface area contributed by atoms with Crippen LogP contribution >= 0.6 is 11.6 Å². The zero-order valence-electron chi connectivity index (χ0n) is 13.6. The van der Waals surface area contributed by atoms with Gasteiger partial charge in [-0.25, -0.2) is 0 Å². The summed E-state index contributed by atoms with van der Waals surface area (Å²) in [4.78, 5) is 12.3. The second-order valence-corrected chi connectivity index (χ2v) is 6.18. The quantitative estimate of drug-likeness (QED) is 0.781. The maximum absolute atomic E-state index is 12.3. The second-order valence-electron chi connectivity index (χ2n) is 5.77. The van der Waals surface area contributed by atoms with Crippen molar-refractivity contribution < 1.29 is 4.79 Å². The Morgan fingerprint density at radius 3 is 2.75 bits per heavy atom. The normalized spacial score (nSPS) is 10.6. The van der Waals surface area contributed by atoms with Crippen molar-refractivity contribution in [2.75, 3.05) is 0 Å². The minimum atomic E-state index is -0.174. The monoisotopic (exact) mass is 339 g/mol. The van der Waals surface area contributed by atoms with E-state index in [0.29, 0.717) is 17.1 Å². The van der Waals surface area contributed by atoms with Crippen molar-refractivity contribution >= 4 is 17.5 Å². The number of nitrogens with one attached hydrogen (secondary N) is 1. The zero-order chi connectivity index (χ0) is 17.1. The molecule has 1 heterocycles. The van der Waals surface area contributed by atoms with E-state index in [9.17, 15) is 4.79 Å². The number of carbonyl (C=O) groups excluding carboxylic acids is 1. The number of halogens is 1. The van der Waals surface area contributed by atoms with E-state index >= 15 is 0 Å². The second kappa shape index (κ2) is 6.89. The van der Waals surface area contributed by atoms with Crippen LogP contribution in [-0.4, -0.2) is 15.7 Å². The van der Waals surface area contributed by atoms with E-state index in [2.05, 4.69) is 10.4 Å². The lowest BCUT2D eigenvalue weighted by molar-refractivity contribution is 0.0951. The van der Waals surface area contributed by atoms with Crippen molar-refractivity contribution in [3.05, 3.63) is 76.6 Å². The molecule has 1 N–H and O–H groups in total. The smallest absolute Gasteiger partial charge is 0.253 e. The number of carbonyl (C=O) groups is 1. The predicted molar refractivity (Wildman–Crippen MR) is 96.0 cm³/mol. The molecule has 122 valence electrons. The highest BCUT2D eigenvalue weighted by atomic mass is 35.5. The Morgan fingerprint density at radius 1 is 1.21 bits per heavy atom. The molecule has 1 amide bonds. The van der Waals surface area contributed by atoms with Crippen molar-refractivity contribution in [2.45, 2.75) is 13.5 Å². The van der Waals surface area contributed by atoms with E-state index in [-0.39, 0.29) is 5.91 Å². The average molecular weight is 340 g/mol. The van der Waals surface area contributed by atoms with Crippen LogP contribution in [-0.2, 0) is 13.6 Å². The summed E-state index contributed by atoms with van der Waals surface area (Å²) in [6.45, 7) is 2.38. The third-order valence-corrected chi connectivity index (χ3v) is 4.10. The number of aromatic nitrogens is 2. The molecule has 3 rings (SSSR count). The first-order chi connectivity index (χ1) is 11.5. The molecule has 0 saturated carbocycles. The molecule has 0 radical (unpaired) electrons. The number of benzene rings is 2. The van der Waals surface area contributed by atoms with Crippen LogP contribution in [0.25, 0.3) is 11.1 Å². The van der Waals surface area contributed by atoms with Gasteiger partial charge in [-0.05, 0) is 41.8 Å². The van der Waals surface area contributed by atoms with Gasteiger partial charge in [0.25, 0.3) is 5.91 Å². The molecule has 0 unspecified atom stereocenters. The third kappa shape index (κ3) is 3.66. The summed E-state index contributed by atoms with van der Waals surface area (Å²) in [6.07, 6.45) is 3.79. The molecule has 0 spiro atoms. The lowest BCUT2D eigenvalue weighted by atomic mass is 10.1. The van der Waals surface area contributed by atoms with Crippen LogP contribution in [0.5, 0.6) is 0 Å². The summed E-state index contributed by atoms with van der Waals surface area (Å²) in [7, 11) is 1.89. The minimum absolute atomic E-state index is 0.174. The van der Waals surface area contributed by atoms with Gasteiger partial charge in [0.05, 0.1) is 16.8 Å². The van der Waals surface area contributed by atoms with Crippen LogP contribution in [0, 0.1) is 6.92 Å². The van der Waals surface area contributed by atoms with Gasteiger partial charge < -0.3 is 5.32 Å². The minimum Gasteiger partial charge on any atom is -0.348 e. The van der Waals surface area contributed by atoms with E-state index in [1.54, 1.807) is 16.8 Å². The van der Waals surface area contributed by atoms with Gasteiger partial charge in [0.1, 0.15) is 0 Å². The first kappa shape index (κ1) is 16.3. The number of hydrogen-bond acceptors (Lipinski definition) is 2. The summed E-state index contributed by atoms with van der Waals surface area (Å²) in [5.74, 6) is -0.174. The molecule has 1 aromatic heterocycles. The van der Waals surface area contributed by atoms with Gasteiger partial charge in [-0.1, -0.05) is 35.9 Å². The molecule has 0 atom stereocenters. The van der Waals surface area contributed by atoms with Gasteiger partial charge in [0.2, 0.25) is 0 Å². The highest BCUT2D eigenvalue weighted by Gasteiger charge is 2.10. The number of nitrogens with zero attached hydrogens (tertiary/aromatic N) is 2. The highest BCUT2D eigenvalue weighted by Crippen LogP contribution is 2.20. The lowest BCUT2D eigenvalue weighted by Crippen LogP contribution is -2.23. The summed E-state index contributed by atoms with van der Waals surface area (Å²) in [5.41, 5.74) is 4.66. The Labute approximate surface area is 146 Å². The summed E-state index contributed by atoms with van der Waals surface area (Å²) < 4.78 is 1.77. The molecule has 0 fully saturated rings. The van der Waals surface area contributed by atoms with Gasteiger partial charge >= 0.3 is 0 Å². The van der Waals surface area contributed by atoms with Crippen LogP contribution in [0.2, 0.25) is 5.02 Å². The molecule has 0 aliphatic carbocycles. The van der Waals surface area contributed by atoms with E-state index in [0.717, 1.165) is 22.3 Å². The molecule has 5 heteroatoms. The van der Waals surface area contributed by atoms with Crippen molar-refractivity contribution in [1.29, 1.82) is 0 Å². The zero-order valence-corrected chi connectivity index (χ0v) is 14.3. The maximum Gasteiger partial charge on any atom is 0.253 e. The van der Waals surface area contributed by atoms with Gasteiger partial charge in [-0.15, -0.1) is 0 Å². The molecule has 4 nitrogen and oxygen atoms in total. The average Bonchev–Trinajstić information content (AvgIpc) is 2.99. The van der Waals surface area contributed by atoms with Crippen LogP contribution in [0.4, 0.5) is 0 Å². The standard InChI is InChI=1S/C19H18ClN3O/c1-13-6-7-17(18(20)8-13)19(24)21-10-14-4-3-5-15(9-14)16-11-22-23(2)12-16/h3-9,11-12H,10H2,1-2H3,(H,21,24). The molecular weight excluding hydrogens is 322 g/mol. The molecule has 2 aromatic carbocycles. The van der Waals surface area contributed by atoms with Crippen LogP contribution in [0.1, 0.15) is 21.5 Å². The molecule has 0 saturated heterocycles. The molecular formula is C19H18ClN3O. The Hall–Kier alpha value is -2.59. The maximum atomic E-state index is 12.3. The number of rotatable bonds is 4. The SMILES string of the molecule is Cc1ccc(C(=O)NCc2cccc(-c3cnn(C)c3)c2)c(Cl)c1. The van der Waals surface area contributed by atoms with Crippen LogP contribution in [0.15, 0.2) is 54.9 Å². The summed E-state index contributed by atoms with van der Waals surface area (Å²) >= 11 is 6.14. The van der Waals surface area contributed by atoms with Crippen LogP contribution < -0.4 is 5.32 Å². The Morgan fingerprint density at radius 2 is 2.04 bits per heavy atom. The Balaban J connectivity index is 1.71. The first-order valence-corrected chi connectivity index (χ1v) is 8.03. The summed E-state index contributed by atoms with van der Waals surface area (Å²) in [6, 6.07) is 13.5. The Kier molecular flexibility index (Phi) is 4.67.